The van der Waals surface area contributed by atoms with Crippen molar-refractivity contribution in [2.24, 2.45) is 29.1 Å². The molecule has 1 aliphatic carbocycles. The second-order valence-electron chi connectivity index (χ2n) is 13.8. The molecular weight excluding hydrogens is 476 g/mol. The van der Waals surface area contributed by atoms with Crippen molar-refractivity contribution in [3.8, 4) is 0 Å². The van der Waals surface area contributed by atoms with Gasteiger partial charge in [0.2, 0.25) is 0 Å². The van der Waals surface area contributed by atoms with Gasteiger partial charge in [0, 0.05) is 6.42 Å². The van der Waals surface area contributed by atoms with Gasteiger partial charge in [-0.1, -0.05) is 70.2 Å². The highest BCUT2D eigenvalue weighted by Crippen LogP contribution is 2.50. The van der Waals surface area contributed by atoms with Crippen LogP contribution in [0.2, 0.25) is 0 Å². The van der Waals surface area contributed by atoms with Crippen LogP contribution in [0.1, 0.15) is 93.6 Å². The Morgan fingerprint density at radius 1 is 1.08 bits per heavy atom. The van der Waals surface area contributed by atoms with Crippen molar-refractivity contribution in [2.75, 3.05) is 6.61 Å². The van der Waals surface area contributed by atoms with Gasteiger partial charge in [-0.05, 0) is 82.1 Å². The number of hydrogen-bond acceptors (Lipinski definition) is 5. The molecule has 0 bridgehead atoms. The molecule has 38 heavy (non-hydrogen) atoms. The minimum atomic E-state index is -0.763. The van der Waals surface area contributed by atoms with Crippen molar-refractivity contribution in [3.05, 3.63) is 48.0 Å². The summed E-state index contributed by atoms with van der Waals surface area (Å²) >= 11 is 0. The smallest absolute Gasteiger partial charge is 0.308 e. The standard InChI is InChI=1S/C33H52O5/c1-23(2)27-17-18-32(6,7)29(28(27)22-35-21-24-13-11-10-12-14-24)16-15-25-19-26(37-33(8,9)36-25)20-30(34)38-31(3,4)5/h10-16,23,25-29H,17-22H2,1-9H3/b16-15+/t25-,26-,27+,28+,29-/m1/s1. The van der Waals surface area contributed by atoms with E-state index in [9.17, 15) is 4.79 Å². The van der Waals surface area contributed by atoms with Gasteiger partial charge < -0.3 is 18.9 Å². The summed E-state index contributed by atoms with van der Waals surface area (Å²) in [6.07, 6.45) is 7.55. The maximum absolute atomic E-state index is 12.5. The molecule has 1 heterocycles. The summed E-state index contributed by atoms with van der Waals surface area (Å²) in [5, 5.41) is 0. The van der Waals surface area contributed by atoms with Crippen LogP contribution in [0, 0.1) is 29.1 Å². The average Bonchev–Trinajstić information content (AvgIpc) is 2.76. The minimum absolute atomic E-state index is 0.118. The Morgan fingerprint density at radius 2 is 1.76 bits per heavy atom. The van der Waals surface area contributed by atoms with E-state index in [2.05, 4.69) is 64.1 Å². The highest BCUT2D eigenvalue weighted by Gasteiger charge is 2.44. The first-order chi connectivity index (χ1) is 17.7. The molecule has 0 N–H and O–H groups in total. The maximum atomic E-state index is 12.5. The molecule has 0 radical (unpaired) electrons. The minimum Gasteiger partial charge on any atom is -0.460 e. The molecular formula is C33H52O5. The lowest BCUT2D eigenvalue weighted by Crippen LogP contribution is -2.45. The zero-order valence-corrected chi connectivity index (χ0v) is 25.3. The molecule has 3 rings (SSSR count). The summed E-state index contributed by atoms with van der Waals surface area (Å²) in [5.74, 6) is 1.03. The molecule has 0 amide bonds. The third kappa shape index (κ3) is 9.20. The summed E-state index contributed by atoms with van der Waals surface area (Å²) in [7, 11) is 0. The van der Waals surface area contributed by atoms with Gasteiger partial charge in [0.15, 0.2) is 5.79 Å². The van der Waals surface area contributed by atoms with Crippen molar-refractivity contribution in [1.82, 2.24) is 0 Å². The SMILES string of the molecule is CC(C)[C@@H]1CCC(C)(C)[C@H](/C=C/[C@@H]2C[C@H](CC(=O)OC(C)(C)C)OC(C)(C)O2)[C@H]1COCc1ccccc1. The molecule has 1 aromatic rings. The van der Waals surface area contributed by atoms with E-state index in [1.165, 1.54) is 18.4 Å². The third-order valence-electron chi connectivity index (χ3n) is 8.04. The van der Waals surface area contributed by atoms with Crippen molar-refractivity contribution in [1.29, 1.82) is 0 Å². The van der Waals surface area contributed by atoms with Crippen LogP contribution in [0.15, 0.2) is 42.5 Å². The number of allylic oxidation sites excluding steroid dienone is 1. The van der Waals surface area contributed by atoms with Crippen LogP contribution in [-0.4, -0.2) is 36.2 Å². The average molecular weight is 529 g/mol. The summed E-state index contributed by atoms with van der Waals surface area (Å²) in [6.45, 7) is 20.4. The first-order valence-electron chi connectivity index (χ1n) is 14.5. The molecule has 5 heteroatoms. The Morgan fingerprint density at radius 3 is 2.39 bits per heavy atom. The second-order valence-corrected chi connectivity index (χ2v) is 13.8. The number of carbonyl (C=O) groups is 1. The topological polar surface area (TPSA) is 54.0 Å². The Bertz CT molecular complexity index is 911. The van der Waals surface area contributed by atoms with Gasteiger partial charge >= 0.3 is 5.97 Å². The molecule has 0 unspecified atom stereocenters. The highest BCUT2D eigenvalue weighted by molar-refractivity contribution is 5.70. The van der Waals surface area contributed by atoms with Gasteiger partial charge in [-0.15, -0.1) is 0 Å². The molecule has 5 atom stereocenters. The van der Waals surface area contributed by atoms with E-state index in [1.807, 2.05) is 40.7 Å². The van der Waals surface area contributed by atoms with Crippen molar-refractivity contribution >= 4 is 5.97 Å². The number of hydrogen-bond donors (Lipinski definition) is 0. The van der Waals surface area contributed by atoms with Gasteiger partial charge in [-0.2, -0.15) is 0 Å². The zero-order chi connectivity index (χ0) is 28.1. The van der Waals surface area contributed by atoms with Gasteiger partial charge in [0.05, 0.1) is 31.8 Å². The van der Waals surface area contributed by atoms with Crippen LogP contribution in [0.25, 0.3) is 0 Å². The lowest BCUT2D eigenvalue weighted by molar-refractivity contribution is -0.290. The Kier molecular flexibility index (Phi) is 10.3. The quantitative estimate of drug-likeness (QED) is 0.242. The maximum Gasteiger partial charge on any atom is 0.308 e. The normalized spacial score (nSPS) is 29.5. The highest BCUT2D eigenvalue weighted by atomic mass is 16.7. The zero-order valence-electron chi connectivity index (χ0n) is 25.3. The fourth-order valence-electron chi connectivity index (χ4n) is 6.32. The molecule has 1 aromatic carbocycles. The molecule has 1 saturated heterocycles. The number of ether oxygens (including phenoxy) is 4. The lowest BCUT2D eigenvalue weighted by atomic mass is 9.57. The summed E-state index contributed by atoms with van der Waals surface area (Å²) < 4.78 is 24.3. The number of esters is 1. The van der Waals surface area contributed by atoms with Gasteiger partial charge in [0.25, 0.3) is 0 Å². The van der Waals surface area contributed by atoms with Crippen LogP contribution >= 0.6 is 0 Å². The van der Waals surface area contributed by atoms with Gasteiger partial charge in [0.1, 0.15) is 5.60 Å². The molecule has 0 aromatic heterocycles. The molecule has 5 nitrogen and oxygen atoms in total. The summed E-state index contributed by atoms with van der Waals surface area (Å²) in [6, 6.07) is 10.4. The number of carbonyl (C=O) groups excluding carboxylic acids is 1. The molecule has 214 valence electrons. The predicted molar refractivity (Wildman–Crippen MR) is 152 cm³/mol. The summed E-state index contributed by atoms with van der Waals surface area (Å²) in [4.78, 5) is 12.5. The monoisotopic (exact) mass is 528 g/mol. The van der Waals surface area contributed by atoms with E-state index in [-0.39, 0.29) is 30.0 Å². The van der Waals surface area contributed by atoms with E-state index >= 15 is 0 Å². The number of benzene rings is 1. The van der Waals surface area contributed by atoms with E-state index in [0.717, 1.165) is 6.61 Å². The molecule has 1 aliphatic heterocycles. The largest absolute Gasteiger partial charge is 0.460 e. The molecule has 0 spiro atoms. The van der Waals surface area contributed by atoms with Crippen LogP contribution in [0.4, 0.5) is 0 Å². The van der Waals surface area contributed by atoms with Crippen molar-refractivity contribution < 1.29 is 23.7 Å². The van der Waals surface area contributed by atoms with Crippen LogP contribution in [-0.2, 0) is 30.3 Å². The van der Waals surface area contributed by atoms with E-state index in [4.69, 9.17) is 18.9 Å². The predicted octanol–water partition coefficient (Wildman–Crippen LogP) is 7.73. The van der Waals surface area contributed by atoms with Crippen LogP contribution in [0.5, 0.6) is 0 Å². The number of rotatable bonds is 9. The van der Waals surface area contributed by atoms with Crippen molar-refractivity contribution in [3.63, 3.8) is 0 Å². The first kappa shape index (κ1) is 30.8. The van der Waals surface area contributed by atoms with Gasteiger partial charge in [-0.3, -0.25) is 4.79 Å². The molecule has 1 saturated carbocycles. The van der Waals surface area contributed by atoms with Crippen LogP contribution < -0.4 is 0 Å². The fourth-order valence-corrected chi connectivity index (χ4v) is 6.32. The first-order valence-corrected chi connectivity index (χ1v) is 14.5. The van der Waals surface area contributed by atoms with Gasteiger partial charge in [-0.25, -0.2) is 0 Å². The molecule has 2 fully saturated rings. The fraction of sp³-hybridized carbons (Fsp3) is 0.727. The second kappa shape index (κ2) is 12.7. The lowest BCUT2D eigenvalue weighted by Gasteiger charge is -2.48. The Labute approximate surface area is 231 Å². The third-order valence-corrected chi connectivity index (χ3v) is 8.04. The van der Waals surface area contributed by atoms with E-state index in [0.29, 0.717) is 36.7 Å². The summed E-state index contributed by atoms with van der Waals surface area (Å²) in [5.41, 5.74) is 0.873. The Hall–Kier alpha value is -1.69. The van der Waals surface area contributed by atoms with Crippen LogP contribution in [0.3, 0.4) is 0 Å². The molecule has 2 aliphatic rings. The van der Waals surface area contributed by atoms with E-state index < -0.39 is 11.4 Å². The van der Waals surface area contributed by atoms with E-state index in [1.54, 1.807) is 0 Å². The van der Waals surface area contributed by atoms with Crippen molar-refractivity contribution in [2.45, 2.75) is 118 Å². The Balaban J connectivity index is 1.74.